The predicted octanol–water partition coefficient (Wildman–Crippen LogP) is 1.69. The van der Waals surface area contributed by atoms with E-state index >= 15 is 0 Å². The summed E-state index contributed by atoms with van der Waals surface area (Å²) >= 11 is 1.47. The number of aliphatic hydroxyl groups excluding tert-OH is 1. The van der Waals surface area contributed by atoms with Gasteiger partial charge in [-0.2, -0.15) is 5.26 Å². The molecule has 2 atom stereocenters. The number of hydrogen-bond acceptors (Lipinski definition) is 5. The minimum atomic E-state index is -0.156. The fourth-order valence-electron chi connectivity index (χ4n) is 3.11. The quantitative estimate of drug-likeness (QED) is 0.794. The van der Waals surface area contributed by atoms with Gasteiger partial charge in [0.05, 0.1) is 16.8 Å². The molecule has 0 radical (unpaired) electrons. The van der Waals surface area contributed by atoms with Crippen LogP contribution >= 0.6 is 11.3 Å². The van der Waals surface area contributed by atoms with Crippen LogP contribution in [0.5, 0.6) is 0 Å². The zero-order valence-electron chi connectivity index (χ0n) is 9.47. The van der Waals surface area contributed by atoms with Crippen molar-refractivity contribution in [2.45, 2.75) is 43.9 Å². The van der Waals surface area contributed by atoms with Crippen molar-refractivity contribution < 1.29 is 5.11 Å². The maximum Gasteiger partial charge on any atom is 0.129 e. The van der Waals surface area contributed by atoms with Crippen molar-refractivity contribution in [2.75, 3.05) is 10.6 Å². The highest BCUT2D eigenvalue weighted by molar-refractivity contribution is 7.17. The molecule has 1 aromatic rings. The fourth-order valence-corrected chi connectivity index (χ4v) is 4.14. The average molecular weight is 249 g/mol. The van der Waals surface area contributed by atoms with Gasteiger partial charge in [-0.25, -0.2) is 0 Å². The summed E-state index contributed by atoms with van der Waals surface area (Å²) in [4.78, 5) is 2.97. The van der Waals surface area contributed by atoms with Crippen molar-refractivity contribution in [3.05, 3.63) is 10.9 Å². The van der Waals surface area contributed by atoms with E-state index < -0.39 is 0 Å². The number of fused-ring (bicyclic) bond motifs is 2. The molecule has 2 saturated heterocycles. The number of piperidine rings is 1. The van der Waals surface area contributed by atoms with E-state index in [1.165, 1.54) is 11.3 Å². The van der Waals surface area contributed by atoms with Crippen molar-refractivity contribution in [2.24, 2.45) is 0 Å². The molecule has 2 bridgehead atoms. The first-order chi connectivity index (χ1) is 8.19. The Labute approximate surface area is 104 Å². The lowest BCUT2D eigenvalue weighted by molar-refractivity contribution is 0.126. The van der Waals surface area contributed by atoms with E-state index in [0.29, 0.717) is 22.6 Å². The number of nitriles is 1. The van der Waals surface area contributed by atoms with Crippen LogP contribution < -0.4 is 10.6 Å². The topological polar surface area (TPSA) is 73.3 Å². The molecule has 0 saturated carbocycles. The normalized spacial score (nSPS) is 31.5. The lowest BCUT2D eigenvalue weighted by atomic mass is 10.0. The highest BCUT2D eigenvalue weighted by atomic mass is 32.1. The zero-order chi connectivity index (χ0) is 12.0. The number of aliphatic hydroxyl groups is 1. The Bertz CT molecular complexity index is 465. The van der Waals surface area contributed by atoms with Gasteiger partial charge in [-0.15, -0.1) is 11.3 Å². The lowest BCUT2D eigenvalue weighted by Gasteiger charge is -2.37. The Kier molecular flexibility index (Phi) is 2.49. The first-order valence-corrected chi connectivity index (χ1v) is 6.76. The van der Waals surface area contributed by atoms with Crippen LogP contribution in [0.2, 0.25) is 0 Å². The van der Waals surface area contributed by atoms with Gasteiger partial charge in [-0.3, -0.25) is 0 Å². The van der Waals surface area contributed by atoms with Gasteiger partial charge in [-0.1, -0.05) is 0 Å². The molecule has 3 rings (SSSR count). The number of hydrogen-bond donors (Lipinski definition) is 2. The van der Waals surface area contributed by atoms with Crippen LogP contribution in [0, 0.1) is 11.3 Å². The molecule has 0 amide bonds. The van der Waals surface area contributed by atoms with Gasteiger partial charge < -0.3 is 15.7 Å². The van der Waals surface area contributed by atoms with Crippen LogP contribution in [0.3, 0.4) is 0 Å². The molecule has 17 heavy (non-hydrogen) atoms. The largest absolute Gasteiger partial charge is 0.397 e. The van der Waals surface area contributed by atoms with Crippen LogP contribution in [0.15, 0.2) is 6.07 Å². The van der Waals surface area contributed by atoms with E-state index in [0.717, 1.165) is 30.7 Å². The summed E-state index contributed by atoms with van der Waals surface area (Å²) in [5, 5.41) is 19.8. The summed E-state index contributed by atoms with van der Waals surface area (Å²) in [5.74, 6) is 0. The van der Waals surface area contributed by atoms with Gasteiger partial charge in [0, 0.05) is 12.1 Å². The lowest BCUT2D eigenvalue weighted by Crippen LogP contribution is -2.44. The van der Waals surface area contributed by atoms with Crippen molar-refractivity contribution in [1.82, 2.24) is 0 Å². The minimum Gasteiger partial charge on any atom is -0.397 e. The summed E-state index contributed by atoms with van der Waals surface area (Å²) in [5.41, 5.74) is 6.39. The Hall–Kier alpha value is -1.25. The summed E-state index contributed by atoms with van der Waals surface area (Å²) in [6, 6.07) is 4.89. The zero-order valence-corrected chi connectivity index (χ0v) is 10.3. The second-order valence-corrected chi connectivity index (χ2v) is 5.93. The molecule has 0 aliphatic carbocycles. The fraction of sp³-hybridized carbons (Fsp3) is 0.583. The Morgan fingerprint density at radius 2 is 2.06 bits per heavy atom. The van der Waals surface area contributed by atoms with Gasteiger partial charge in [-0.05, 0) is 31.7 Å². The van der Waals surface area contributed by atoms with E-state index in [-0.39, 0.29) is 6.10 Å². The predicted molar refractivity (Wildman–Crippen MR) is 68.0 cm³/mol. The summed E-state index contributed by atoms with van der Waals surface area (Å²) in [6.45, 7) is 0. The molecule has 3 N–H and O–H groups in total. The molecule has 3 heterocycles. The first-order valence-electron chi connectivity index (χ1n) is 5.95. The monoisotopic (exact) mass is 249 g/mol. The van der Waals surface area contributed by atoms with Crippen LogP contribution in [-0.4, -0.2) is 23.3 Å². The molecule has 0 spiro atoms. The number of rotatable bonds is 1. The molecule has 90 valence electrons. The summed E-state index contributed by atoms with van der Waals surface area (Å²) in [7, 11) is 0. The average Bonchev–Trinajstić information content (AvgIpc) is 2.77. The van der Waals surface area contributed by atoms with E-state index in [2.05, 4.69) is 11.0 Å². The summed E-state index contributed by atoms with van der Waals surface area (Å²) < 4.78 is 0. The van der Waals surface area contributed by atoms with Gasteiger partial charge in [0.1, 0.15) is 10.9 Å². The number of anilines is 2. The maximum atomic E-state index is 9.76. The van der Waals surface area contributed by atoms with Crippen molar-refractivity contribution in [3.63, 3.8) is 0 Å². The van der Waals surface area contributed by atoms with Gasteiger partial charge in [0.2, 0.25) is 0 Å². The molecule has 5 heteroatoms. The molecule has 2 unspecified atom stereocenters. The number of nitrogens with two attached hydrogens (primary N) is 1. The van der Waals surface area contributed by atoms with Gasteiger partial charge >= 0.3 is 0 Å². The number of nitrogens with zero attached hydrogens (tertiary/aromatic N) is 2. The minimum absolute atomic E-state index is 0.156. The second-order valence-electron chi connectivity index (χ2n) is 4.90. The number of thiophene rings is 1. The third kappa shape index (κ3) is 1.68. The standard InChI is InChI=1S/C12H15N3OS/c13-6-11-10(14)5-12(17-11)15-7-1-2-8(15)4-9(16)3-7/h5,7-9,16H,1-4,14H2. The van der Waals surface area contributed by atoms with E-state index in [9.17, 15) is 5.11 Å². The van der Waals surface area contributed by atoms with Gasteiger partial charge in [0.15, 0.2) is 0 Å². The van der Waals surface area contributed by atoms with Crippen molar-refractivity contribution in [1.29, 1.82) is 5.26 Å². The second kappa shape index (κ2) is 3.90. The van der Waals surface area contributed by atoms with Gasteiger partial charge in [0.25, 0.3) is 0 Å². The molecule has 0 aromatic carbocycles. The third-order valence-electron chi connectivity index (χ3n) is 3.81. The smallest absolute Gasteiger partial charge is 0.129 e. The maximum absolute atomic E-state index is 9.76. The van der Waals surface area contributed by atoms with E-state index in [1.807, 2.05) is 6.07 Å². The molecule has 4 nitrogen and oxygen atoms in total. The van der Waals surface area contributed by atoms with Crippen LogP contribution in [0.25, 0.3) is 0 Å². The van der Waals surface area contributed by atoms with Crippen LogP contribution in [0.1, 0.15) is 30.6 Å². The Morgan fingerprint density at radius 3 is 2.59 bits per heavy atom. The molecule has 1 aromatic heterocycles. The molecule has 2 aliphatic heterocycles. The van der Waals surface area contributed by atoms with Crippen molar-refractivity contribution in [3.8, 4) is 6.07 Å². The third-order valence-corrected chi connectivity index (χ3v) is 4.88. The van der Waals surface area contributed by atoms with E-state index in [1.54, 1.807) is 0 Å². The molecular weight excluding hydrogens is 234 g/mol. The van der Waals surface area contributed by atoms with Crippen LogP contribution in [-0.2, 0) is 0 Å². The first kappa shape index (κ1) is 10.9. The Balaban J connectivity index is 1.92. The Morgan fingerprint density at radius 1 is 1.41 bits per heavy atom. The molecular formula is C12H15N3OS. The van der Waals surface area contributed by atoms with E-state index in [4.69, 9.17) is 11.0 Å². The molecule has 2 fully saturated rings. The SMILES string of the molecule is N#Cc1sc(N2C3CCC2CC(O)C3)cc1N. The molecule has 2 aliphatic rings. The summed E-state index contributed by atoms with van der Waals surface area (Å²) in [6.07, 6.45) is 3.81. The van der Waals surface area contributed by atoms with Crippen LogP contribution in [0.4, 0.5) is 10.7 Å². The number of nitrogen functional groups attached to an aromatic ring is 1. The highest BCUT2D eigenvalue weighted by Crippen LogP contribution is 2.43. The van der Waals surface area contributed by atoms with Crippen molar-refractivity contribution >= 4 is 22.0 Å². The highest BCUT2D eigenvalue weighted by Gasteiger charge is 2.40.